The van der Waals surface area contributed by atoms with Crippen LogP contribution in [-0.2, 0) is 4.79 Å². The van der Waals surface area contributed by atoms with Crippen molar-refractivity contribution in [2.24, 2.45) is 23.5 Å². The highest BCUT2D eigenvalue weighted by Crippen LogP contribution is 2.45. The third kappa shape index (κ3) is 1.88. The van der Waals surface area contributed by atoms with Crippen molar-refractivity contribution in [1.82, 2.24) is 19.9 Å². The largest absolute Gasteiger partial charge is 0.369 e. The van der Waals surface area contributed by atoms with Gasteiger partial charge in [-0.2, -0.15) is 9.97 Å². The SMILES string of the molecule is NC(=O)C1C2C=CC(C2)C1Nc1nc(Cl)nc2nc[nH]c12. The Balaban J connectivity index is 1.73. The zero-order valence-electron chi connectivity index (χ0n) is 11.0. The van der Waals surface area contributed by atoms with Gasteiger partial charge in [0.2, 0.25) is 11.2 Å². The molecule has 8 heteroatoms. The summed E-state index contributed by atoms with van der Waals surface area (Å²) < 4.78 is 0. The molecule has 0 saturated heterocycles. The predicted octanol–water partition coefficient (Wildman–Crippen LogP) is 1.09. The van der Waals surface area contributed by atoms with E-state index in [1.165, 1.54) is 6.33 Å². The number of allylic oxidation sites excluding steroid dienone is 1. The Morgan fingerprint density at radius 2 is 2.19 bits per heavy atom. The number of imidazole rings is 1. The second-order valence-electron chi connectivity index (χ2n) is 5.49. The lowest BCUT2D eigenvalue weighted by molar-refractivity contribution is -0.122. The van der Waals surface area contributed by atoms with Gasteiger partial charge in [0.15, 0.2) is 11.5 Å². The van der Waals surface area contributed by atoms with E-state index in [4.69, 9.17) is 17.3 Å². The van der Waals surface area contributed by atoms with Gasteiger partial charge in [-0.25, -0.2) is 4.98 Å². The van der Waals surface area contributed by atoms with Crippen molar-refractivity contribution in [2.45, 2.75) is 12.5 Å². The van der Waals surface area contributed by atoms with Crippen LogP contribution in [0.25, 0.3) is 11.2 Å². The highest BCUT2D eigenvalue weighted by atomic mass is 35.5. The molecule has 7 nitrogen and oxygen atoms in total. The molecule has 2 aliphatic carbocycles. The van der Waals surface area contributed by atoms with Crippen LogP contribution in [0, 0.1) is 17.8 Å². The molecule has 4 unspecified atom stereocenters. The van der Waals surface area contributed by atoms with Gasteiger partial charge in [-0.3, -0.25) is 4.79 Å². The summed E-state index contributed by atoms with van der Waals surface area (Å²) in [6, 6.07) is -0.0741. The molecule has 1 saturated carbocycles. The number of nitrogens with zero attached hydrogens (tertiary/aromatic N) is 3. The minimum Gasteiger partial charge on any atom is -0.369 e. The molecular formula is C13H13ClN6O. The number of H-pyrrole nitrogens is 1. The van der Waals surface area contributed by atoms with Crippen LogP contribution in [-0.4, -0.2) is 31.9 Å². The van der Waals surface area contributed by atoms with Crippen LogP contribution in [0.4, 0.5) is 5.82 Å². The van der Waals surface area contributed by atoms with Crippen molar-refractivity contribution in [2.75, 3.05) is 5.32 Å². The summed E-state index contributed by atoms with van der Waals surface area (Å²) in [7, 11) is 0. The Kier molecular flexibility index (Phi) is 2.65. The molecule has 2 aliphatic rings. The van der Waals surface area contributed by atoms with Gasteiger partial charge in [0, 0.05) is 6.04 Å². The van der Waals surface area contributed by atoms with E-state index >= 15 is 0 Å². The number of hydrogen-bond donors (Lipinski definition) is 3. The van der Waals surface area contributed by atoms with Gasteiger partial charge >= 0.3 is 0 Å². The van der Waals surface area contributed by atoms with Crippen LogP contribution >= 0.6 is 11.6 Å². The molecule has 108 valence electrons. The molecule has 0 spiro atoms. The molecule has 2 bridgehead atoms. The van der Waals surface area contributed by atoms with Crippen molar-refractivity contribution in [3.63, 3.8) is 0 Å². The molecule has 2 aromatic heterocycles. The number of aromatic nitrogens is 4. The maximum absolute atomic E-state index is 11.7. The normalized spacial score (nSPS) is 30.1. The van der Waals surface area contributed by atoms with Crippen LogP contribution in [0.15, 0.2) is 18.5 Å². The number of amides is 1. The second kappa shape index (κ2) is 4.42. The van der Waals surface area contributed by atoms with E-state index in [0.29, 0.717) is 17.0 Å². The quantitative estimate of drug-likeness (QED) is 0.581. The van der Waals surface area contributed by atoms with E-state index in [-0.39, 0.29) is 35.0 Å². The van der Waals surface area contributed by atoms with E-state index in [0.717, 1.165) is 6.42 Å². The lowest BCUT2D eigenvalue weighted by Crippen LogP contribution is -2.41. The summed E-state index contributed by atoms with van der Waals surface area (Å²) in [6.07, 6.45) is 6.69. The van der Waals surface area contributed by atoms with Crippen LogP contribution in [0.2, 0.25) is 5.28 Å². The van der Waals surface area contributed by atoms with Crippen molar-refractivity contribution in [1.29, 1.82) is 0 Å². The summed E-state index contributed by atoms with van der Waals surface area (Å²) in [5.41, 5.74) is 6.73. The second-order valence-corrected chi connectivity index (χ2v) is 5.83. The molecule has 1 amide bonds. The average molecular weight is 305 g/mol. The first-order valence-corrected chi connectivity index (χ1v) is 7.12. The Morgan fingerprint density at radius 3 is 3.00 bits per heavy atom. The molecule has 4 atom stereocenters. The number of anilines is 1. The van der Waals surface area contributed by atoms with Gasteiger partial charge < -0.3 is 16.0 Å². The van der Waals surface area contributed by atoms with Crippen molar-refractivity contribution in [3.05, 3.63) is 23.8 Å². The molecule has 0 radical (unpaired) electrons. The third-order valence-electron chi connectivity index (χ3n) is 4.35. The lowest BCUT2D eigenvalue weighted by Gasteiger charge is -2.27. The zero-order chi connectivity index (χ0) is 14.6. The summed E-state index contributed by atoms with van der Waals surface area (Å²) in [4.78, 5) is 27.1. The summed E-state index contributed by atoms with van der Waals surface area (Å²) in [5, 5.41) is 3.43. The number of rotatable bonds is 3. The average Bonchev–Trinajstić information content (AvgIpc) is 3.11. The fraction of sp³-hybridized carbons (Fsp3) is 0.385. The fourth-order valence-corrected chi connectivity index (χ4v) is 3.64. The number of hydrogen-bond acceptors (Lipinski definition) is 5. The number of fused-ring (bicyclic) bond motifs is 3. The van der Waals surface area contributed by atoms with Gasteiger partial charge in [0.05, 0.1) is 12.2 Å². The highest BCUT2D eigenvalue weighted by Gasteiger charge is 2.47. The number of nitrogens with one attached hydrogen (secondary N) is 2. The first-order chi connectivity index (χ1) is 10.1. The standard InChI is InChI=1S/C13H13ClN6O/c14-13-19-11-9(16-4-17-11)12(20-13)18-8-6-2-1-5(3-6)7(8)10(15)21/h1-2,4-8H,3H2,(H2,15,21)(H2,16,17,18,19,20). The van der Waals surface area contributed by atoms with Crippen molar-refractivity contribution in [3.8, 4) is 0 Å². The van der Waals surface area contributed by atoms with E-state index in [1.807, 2.05) is 0 Å². The molecule has 4 rings (SSSR count). The van der Waals surface area contributed by atoms with Gasteiger partial charge in [-0.15, -0.1) is 0 Å². The van der Waals surface area contributed by atoms with Crippen molar-refractivity contribution < 1.29 is 4.79 Å². The molecule has 21 heavy (non-hydrogen) atoms. The number of halogens is 1. The topological polar surface area (TPSA) is 110 Å². The number of aromatic amines is 1. The van der Waals surface area contributed by atoms with Gasteiger partial charge in [0.25, 0.3) is 0 Å². The minimum atomic E-state index is -0.287. The molecule has 2 heterocycles. The van der Waals surface area contributed by atoms with Crippen LogP contribution < -0.4 is 11.1 Å². The minimum absolute atomic E-state index is 0.0741. The van der Waals surface area contributed by atoms with E-state index in [2.05, 4.69) is 37.4 Å². The monoisotopic (exact) mass is 304 g/mol. The van der Waals surface area contributed by atoms with Gasteiger partial charge in [0.1, 0.15) is 5.52 Å². The Morgan fingerprint density at radius 1 is 1.38 bits per heavy atom. The van der Waals surface area contributed by atoms with Crippen LogP contribution in [0.5, 0.6) is 0 Å². The highest BCUT2D eigenvalue weighted by molar-refractivity contribution is 6.28. The Labute approximate surface area is 125 Å². The van der Waals surface area contributed by atoms with Crippen LogP contribution in [0.3, 0.4) is 0 Å². The first-order valence-electron chi connectivity index (χ1n) is 6.74. The number of nitrogens with two attached hydrogens (primary N) is 1. The maximum atomic E-state index is 11.7. The maximum Gasteiger partial charge on any atom is 0.226 e. The number of primary amides is 1. The van der Waals surface area contributed by atoms with E-state index in [9.17, 15) is 4.79 Å². The smallest absolute Gasteiger partial charge is 0.226 e. The molecule has 4 N–H and O–H groups in total. The molecule has 1 fully saturated rings. The van der Waals surface area contributed by atoms with Crippen molar-refractivity contribution >= 4 is 34.5 Å². The number of carbonyl (C=O) groups excluding carboxylic acids is 1. The number of carbonyl (C=O) groups is 1. The van der Waals surface area contributed by atoms with Gasteiger partial charge in [-0.05, 0) is 29.9 Å². The lowest BCUT2D eigenvalue weighted by atomic mass is 9.88. The van der Waals surface area contributed by atoms with E-state index < -0.39 is 0 Å². The third-order valence-corrected chi connectivity index (χ3v) is 4.52. The molecular weight excluding hydrogens is 292 g/mol. The fourth-order valence-electron chi connectivity index (χ4n) is 3.48. The Bertz CT molecular complexity index is 756. The van der Waals surface area contributed by atoms with Gasteiger partial charge in [-0.1, -0.05) is 12.2 Å². The predicted molar refractivity (Wildman–Crippen MR) is 77.5 cm³/mol. The summed E-state index contributed by atoms with van der Waals surface area (Å²) >= 11 is 5.92. The summed E-state index contributed by atoms with van der Waals surface area (Å²) in [6.45, 7) is 0. The van der Waals surface area contributed by atoms with Crippen LogP contribution in [0.1, 0.15) is 6.42 Å². The molecule has 2 aromatic rings. The van der Waals surface area contributed by atoms with E-state index in [1.54, 1.807) is 0 Å². The zero-order valence-corrected chi connectivity index (χ0v) is 11.7. The Hall–Kier alpha value is -2.15. The molecule has 0 aromatic carbocycles. The first kappa shape index (κ1) is 12.6. The summed E-state index contributed by atoms with van der Waals surface area (Å²) in [5.74, 6) is 0.524. The molecule has 0 aliphatic heterocycles.